The van der Waals surface area contributed by atoms with E-state index in [4.69, 9.17) is 21.3 Å². The fourth-order valence-electron chi connectivity index (χ4n) is 3.98. The number of benzene rings is 2. The van der Waals surface area contributed by atoms with E-state index < -0.39 is 5.97 Å². The first-order chi connectivity index (χ1) is 16.0. The van der Waals surface area contributed by atoms with Crippen LogP contribution in [0.2, 0.25) is 5.02 Å². The predicted octanol–water partition coefficient (Wildman–Crippen LogP) is 5.29. The summed E-state index contributed by atoms with van der Waals surface area (Å²) in [7, 11) is 1.28. The molecule has 0 atom stereocenters. The number of rotatable bonds is 6. The molecule has 4 rings (SSSR count). The quantitative estimate of drug-likeness (QED) is 0.318. The third kappa shape index (κ3) is 5.28. The Morgan fingerprint density at radius 3 is 2.76 bits per heavy atom. The summed E-state index contributed by atoms with van der Waals surface area (Å²) in [6.45, 7) is -0.259. The molecule has 0 N–H and O–H groups in total. The summed E-state index contributed by atoms with van der Waals surface area (Å²) in [5.74, 6) is 0.698. The molecule has 3 aromatic rings. The number of hydrogen-bond donors (Lipinski definition) is 0. The van der Waals surface area contributed by atoms with E-state index in [0.29, 0.717) is 37.5 Å². The number of carbonyl (C=O) groups excluding carboxylic acids is 1. The number of nitrogens with zero attached hydrogens (tertiary/aromatic N) is 3. The van der Waals surface area contributed by atoms with Gasteiger partial charge < -0.3 is 9.47 Å². The first-order valence-corrected chi connectivity index (χ1v) is 11.9. The fraction of sp³-hybridized carbons (Fsp3) is 0.333. The molecule has 172 valence electrons. The monoisotopic (exact) mass is 531 g/mol. The van der Waals surface area contributed by atoms with Gasteiger partial charge in [0.25, 0.3) is 5.56 Å². The number of carbonyl (C=O) groups is 1. The molecule has 1 aliphatic rings. The Kier molecular flexibility index (Phi) is 7.45. The predicted molar refractivity (Wildman–Crippen MR) is 131 cm³/mol. The van der Waals surface area contributed by atoms with Crippen LogP contribution in [0.5, 0.6) is 5.75 Å². The number of ether oxygens (including phenoxy) is 2. The topological polar surface area (TPSA) is 82.8 Å². The van der Waals surface area contributed by atoms with Crippen LogP contribution < -0.4 is 10.3 Å². The number of para-hydroxylation sites is 1. The maximum absolute atomic E-state index is 13.3. The lowest BCUT2D eigenvalue weighted by molar-refractivity contribution is -0.142. The van der Waals surface area contributed by atoms with E-state index in [9.17, 15) is 9.59 Å². The van der Waals surface area contributed by atoms with Crippen molar-refractivity contribution in [1.29, 1.82) is 0 Å². The minimum atomic E-state index is -0.512. The van der Waals surface area contributed by atoms with Crippen molar-refractivity contribution in [2.75, 3.05) is 13.7 Å². The molecule has 7 nitrogen and oxygen atoms in total. The van der Waals surface area contributed by atoms with Crippen LogP contribution in [-0.4, -0.2) is 35.6 Å². The Morgan fingerprint density at radius 2 is 2.03 bits per heavy atom. The van der Waals surface area contributed by atoms with Gasteiger partial charge in [0.05, 0.1) is 33.7 Å². The summed E-state index contributed by atoms with van der Waals surface area (Å²) >= 11 is 9.77. The summed E-state index contributed by atoms with van der Waals surface area (Å²) in [6.07, 6.45) is 6.99. The van der Waals surface area contributed by atoms with Gasteiger partial charge >= 0.3 is 5.97 Å². The molecule has 33 heavy (non-hydrogen) atoms. The highest BCUT2D eigenvalue weighted by Gasteiger charge is 2.22. The van der Waals surface area contributed by atoms with Gasteiger partial charge in [-0.05, 0) is 58.6 Å². The van der Waals surface area contributed by atoms with Crippen LogP contribution in [-0.2, 0) is 9.53 Å². The molecule has 0 spiro atoms. The maximum Gasteiger partial charge on any atom is 0.343 e. The smallest absolute Gasteiger partial charge is 0.343 e. The summed E-state index contributed by atoms with van der Waals surface area (Å²) in [5, 5.41) is 5.35. The molecule has 0 aliphatic heterocycles. The minimum absolute atomic E-state index is 0.192. The van der Waals surface area contributed by atoms with Gasteiger partial charge in [0.15, 0.2) is 12.4 Å². The van der Waals surface area contributed by atoms with Gasteiger partial charge in [-0.25, -0.2) is 9.78 Å². The number of esters is 1. The van der Waals surface area contributed by atoms with Crippen LogP contribution in [0.25, 0.3) is 10.9 Å². The highest BCUT2D eigenvalue weighted by molar-refractivity contribution is 9.10. The number of fused-ring (bicyclic) bond motifs is 1. The van der Waals surface area contributed by atoms with Gasteiger partial charge in [-0.3, -0.25) is 4.79 Å². The van der Waals surface area contributed by atoms with Crippen LogP contribution in [0.1, 0.15) is 49.4 Å². The van der Waals surface area contributed by atoms with Crippen LogP contribution in [0, 0.1) is 0 Å². The van der Waals surface area contributed by atoms with Crippen molar-refractivity contribution in [1.82, 2.24) is 9.66 Å². The SMILES string of the molecule is COC(=O)COc1c(Cl)cc(C=Nn2c(C3CCCCC3)nc3ccccc3c2=O)cc1Br. The zero-order valence-electron chi connectivity index (χ0n) is 18.1. The number of aromatic nitrogens is 2. The van der Waals surface area contributed by atoms with Crippen LogP contribution in [0.4, 0.5) is 0 Å². The zero-order chi connectivity index (χ0) is 23.4. The lowest BCUT2D eigenvalue weighted by Crippen LogP contribution is -2.25. The lowest BCUT2D eigenvalue weighted by atomic mass is 9.88. The molecular weight excluding hydrogens is 510 g/mol. The van der Waals surface area contributed by atoms with Crippen molar-refractivity contribution in [3.63, 3.8) is 0 Å². The second-order valence-electron chi connectivity index (χ2n) is 7.86. The molecule has 1 fully saturated rings. The number of halogens is 2. The van der Waals surface area contributed by atoms with Crippen molar-refractivity contribution in [3.05, 3.63) is 67.6 Å². The maximum atomic E-state index is 13.3. The zero-order valence-corrected chi connectivity index (χ0v) is 20.4. The summed E-state index contributed by atoms with van der Waals surface area (Å²) in [4.78, 5) is 29.5. The van der Waals surface area contributed by atoms with Crippen LogP contribution in [0.15, 0.2) is 50.8 Å². The average Bonchev–Trinajstić information content (AvgIpc) is 2.83. The Hall–Kier alpha value is -2.71. The molecule has 0 amide bonds. The van der Waals surface area contributed by atoms with E-state index in [2.05, 4.69) is 25.8 Å². The van der Waals surface area contributed by atoms with Gasteiger partial charge in [0.2, 0.25) is 0 Å². The average molecular weight is 533 g/mol. The third-order valence-corrected chi connectivity index (χ3v) is 6.52. The first kappa shape index (κ1) is 23.4. The molecule has 0 unspecified atom stereocenters. The molecule has 9 heteroatoms. The molecule has 1 aliphatic carbocycles. The van der Waals surface area contributed by atoms with Crippen molar-refractivity contribution >= 4 is 50.6 Å². The Labute approximate surface area is 204 Å². The van der Waals surface area contributed by atoms with Gasteiger partial charge in [-0.2, -0.15) is 9.78 Å². The van der Waals surface area contributed by atoms with E-state index in [1.807, 2.05) is 18.2 Å². The van der Waals surface area contributed by atoms with Gasteiger partial charge in [-0.1, -0.05) is 43.0 Å². The molecule has 0 saturated heterocycles. The minimum Gasteiger partial charge on any atom is -0.479 e. The van der Waals surface area contributed by atoms with Crippen molar-refractivity contribution in [2.45, 2.75) is 38.0 Å². The van der Waals surface area contributed by atoms with E-state index in [1.54, 1.807) is 24.4 Å². The van der Waals surface area contributed by atoms with Crippen molar-refractivity contribution < 1.29 is 14.3 Å². The van der Waals surface area contributed by atoms with Crippen LogP contribution in [0.3, 0.4) is 0 Å². The second-order valence-corrected chi connectivity index (χ2v) is 9.12. The Morgan fingerprint density at radius 1 is 1.27 bits per heavy atom. The van der Waals surface area contributed by atoms with Crippen molar-refractivity contribution in [2.24, 2.45) is 5.10 Å². The number of hydrogen-bond acceptors (Lipinski definition) is 6. The molecule has 2 aromatic carbocycles. The first-order valence-electron chi connectivity index (χ1n) is 10.7. The summed E-state index contributed by atoms with van der Waals surface area (Å²) in [6, 6.07) is 10.7. The number of methoxy groups -OCH3 is 1. The molecular formula is C24H23BrClN3O4. The van der Waals surface area contributed by atoms with Gasteiger partial charge in [0.1, 0.15) is 5.82 Å². The summed E-state index contributed by atoms with van der Waals surface area (Å²) in [5.41, 5.74) is 1.15. The summed E-state index contributed by atoms with van der Waals surface area (Å²) < 4.78 is 12.0. The molecule has 0 bridgehead atoms. The second kappa shape index (κ2) is 10.5. The Balaban J connectivity index is 1.71. The largest absolute Gasteiger partial charge is 0.479 e. The molecule has 1 saturated carbocycles. The molecule has 1 heterocycles. The molecule has 1 aromatic heterocycles. The van der Waals surface area contributed by atoms with Gasteiger partial charge in [0, 0.05) is 5.92 Å². The van der Waals surface area contributed by atoms with E-state index >= 15 is 0 Å². The van der Waals surface area contributed by atoms with Crippen molar-refractivity contribution in [3.8, 4) is 5.75 Å². The van der Waals surface area contributed by atoms with Gasteiger partial charge in [-0.15, -0.1) is 0 Å². The standard InChI is InChI=1S/C24H23BrClN3O4/c1-32-21(30)14-33-22-18(25)11-15(12-19(22)26)13-27-29-23(16-7-3-2-4-8-16)28-20-10-6-5-9-17(20)24(29)31/h5-6,9-13,16H,2-4,7-8,14H2,1H3. The van der Waals surface area contributed by atoms with Crippen LogP contribution >= 0.6 is 27.5 Å². The third-order valence-electron chi connectivity index (χ3n) is 5.65. The van der Waals surface area contributed by atoms with E-state index in [-0.39, 0.29) is 18.1 Å². The molecule has 0 radical (unpaired) electrons. The normalized spacial score (nSPS) is 14.6. The Bertz CT molecular complexity index is 1250. The fourth-order valence-corrected chi connectivity index (χ4v) is 4.97. The van der Waals surface area contributed by atoms with E-state index in [1.165, 1.54) is 18.2 Å². The highest BCUT2D eigenvalue weighted by atomic mass is 79.9. The lowest BCUT2D eigenvalue weighted by Gasteiger charge is -2.22. The highest BCUT2D eigenvalue weighted by Crippen LogP contribution is 2.34. The van der Waals surface area contributed by atoms with E-state index in [0.717, 1.165) is 25.7 Å².